The summed E-state index contributed by atoms with van der Waals surface area (Å²) in [5, 5.41) is 14.9. The lowest BCUT2D eigenvalue weighted by molar-refractivity contribution is -0.114. The van der Waals surface area contributed by atoms with E-state index in [0.717, 1.165) is 15.8 Å². The molecule has 5 nitrogen and oxygen atoms in total. The van der Waals surface area contributed by atoms with E-state index in [-0.39, 0.29) is 12.5 Å². The van der Waals surface area contributed by atoms with E-state index in [1.54, 1.807) is 17.8 Å². The number of rotatable bonds is 7. The van der Waals surface area contributed by atoms with E-state index in [9.17, 15) is 4.79 Å². The number of hydrogen-bond acceptors (Lipinski definition) is 6. The molecule has 0 unspecified atom stereocenters. The predicted octanol–water partition coefficient (Wildman–Crippen LogP) is 4.53. The molecule has 1 aromatic heterocycles. The van der Waals surface area contributed by atoms with Crippen LogP contribution in [0.5, 0.6) is 0 Å². The quantitative estimate of drug-likeness (QED) is 0.458. The Balaban J connectivity index is 1.47. The number of carbonyl (C=O) groups excluding carboxylic acids is 1. The second-order valence-corrected chi connectivity index (χ2v) is 7.64. The topological polar surface area (TPSA) is 66.9 Å². The number of carbonyl (C=O) groups is 1. The van der Waals surface area contributed by atoms with Crippen molar-refractivity contribution in [3.05, 3.63) is 65.2 Å². The van der Waals surface area contributed by atoms with Crippen LogP contribution in [0, 0.1) is 0 Å². The Kier molecular flexibility index (Phi) is 6.27. The molecule has 2 N–H and O–H groups in total. The fourth-order valence-corrected chi connectivity index (χ4v) is 3.91. The van der Waals surface area contributed by atoms with Crippen molar-refractivity contribution in [3.63, 3.8) is 0 Å². The fraction of sp³-hybridized carbons (Fsp3) is 0.118. The lowest BCUT2D eigenvalue weighted by Gasteiger charge is -2.07. The van der Waals surface area contributed by atoms with Crippen LogP contribution in [0.25, 0.3) is 0 Å². The molecule has 0 aliphatic carbocycles. The molecule has 0 aliphatic rings. The monoisotopic (exact) mass is 390 g/mol. The van der Waals surface area contributed by atoms with Crippen molar-refractivity contribution >= 4 is 51.4 Å². The number of amides is 1. The van der Waals surface area contributed by atoms with Crippen molar-refractivity contribution in [2.45, 2.75) is 10.1 Å². The average Bonchev–Trinajstić information content (AvgIpc) is 3.07. The van der Waals surface area contributed by atoms with Crippen LogP contribution in [-0.4, -0.2) is 22.6 Å². The number of nitrogens with one attached hydrogen (secondary N) is 2. The minimum absolute atomic E-state index is 0.107. The van der Waals surface area contributed by atoms with E-state index in [1.807, 2.05) is 36.4 Å². The summed E-state index contributed by atoms with van der Waals surface area (Å²) in [7, 11) is 0. The summed E-state index contributed by atoms with van der Waals surface area (Å²) in [6, 6.07) is 17.4. The molecule has 1 heterocycles. The van der Waals surface area contributed by atoms with Gasteiger partial charge in [0.2, 0.25) is 11.0 Å². The molecule has 0 saturated heterocycles. The molecule has 128 valence electrons. The standard InChI is InChI=1S/C17H15ClN4OS2/c18-13-8-4-5-9-14(13)19-10-15(23)20-16-21-22-17(25-16)24-11-12-6-2-1-3-7-12/h1-9,19H,10-11H2,(H,20,21,23). The highest BCUT2D eigenvalue weighted by atomic mass is 35.5. The van der Waals surface area contributed by atoms with Crippen molar-refractivity contribution in [2.75, 3.05) is 17.2 Å². The zero-order valence-electron chi connectivity index (χ0n) is 13.1. The normalized spacial score (nSPS) is 10.4. The fourth-order valence-electron chi connectivity index (χ4n) is 1.98. The zero-order valence-corrected chi connectivity index (χ0v) is 15.5. The molecular weight excluding hydrogens is 376 g/mol. The average molecular weight is 391 g/mol. The molecule has 0 radical (unpaired) electrons. The highest BCUT2D eigenvalue weighted by Gasteiger charge is 2.09. The van der Waals surface area contributed by atoms with E-state index >= 15 is 0 Å². The molecule has 0 atom stereocenters. The Morgan fingerprint density at radius 2 is 1.84 bits per heavy atom. The van der Waals surface area contributed by atoms with Crippen LogP contribution in [0.4, 0.5) is 10.8 Å². The Morgan fingerprint density at radius 3 is 2.64 bits per heavy atom. The van der Waals surface area contributed by atoms with E-state index in [1.165, 1.54) is 16.9 Å². The number of aromatic nitrogens is 2. The highest BCUT2D eigenvalue weighted by molar-refractivity contribution is 8.00. The van der Waals surface area contributed by atoms with Gasteiger partial charge in [-0.2, -0.15) is 0 Å². The molecule has 0 bridgehead atoms. The SMILES string of the molecule is O=C(CNc1ccccc1Cl)Nc1nnc(SCc2ccccc2)s1. The first-order valence-electron chi connectivity index (χ1n) is 7.49. The van der Waals surface area contributed by atoms with Gasteiger partial charge in [-0.3, -0.25) is 10.1 Å². The molecule has 3 aromatic rings. The second-order valence-electron chi connectivity index (χ2n) is 5.03. The zero-order chi connectivity index (χ0) is 17.5. The van der Waals surface area contributed by atoms with Crippen LogP contribution in [0.1, 0.15) is 5.56 Å². The summed E-state index contributed by atoms with van der Waals surface area (Å²) in [6.07, 6.45) is 0. The van der Waals surface area contributed by atoms with Crippen molar-refractivity contribution in [1.29, 1.82) is 0 Å². The van der Waals surface area contributed by atoms with Crippen LogP contribution in [-0.2, 0) is 10.5 Å². The molecule has 0 saturated carbocycles. The molecule has 0 fully saturated rings. The van der Waals surface area contributed by atoms with Gasteiger partial charge in [0.05, 0.1) is 17.3 Å². The Hall–Kier alpha value is -2.09. The van der Waals surface area contributed by atoms with Gasteiger partial charge in [0.25, 0.3) is 0 Å². The summed E-state index contributed by atoms with van der Waals surface area (Å²) < 4.78 is 0.818. The van der Waals surface area contributed by atoms with Gasteiger partial charge in [0.15, 0.2) is 4.34 Å². The third-order valence-electron chi connectivity index (χ3n) is 3.17. The smallest absolute Gasteiger partial charge is 0.245 e. The molecule has 0 spiro atoms. The van der Waals surface area contributed by atoms with Crippen LogP contribution >= 0.6 is 34.7 Å². The van der Waals surface area contributed by atoms with Crippen LogP contribution in [0.3, 0.4) is 0 Å². The van der Waals surface area contributed by atoms with Crippen molar-refractivity contribution in [1.82, 2.24) is 10.2 Å². The number of hydrogen-bond donors (Lipinski definition) is 2. The van der Waals surface area contributed by atoms with Gasteiger partial charge in [-0.05, 0) is 17.7 Å². The second kappa shape index (κ2) is 8.84. The highest BCUT2D eigenvalue weighted by Crippen LogP contribution is 2.28. The summed E-state index contributed by atoms with van der Waals surface area (Å²) in [6.45, 7) is 0.107. The molecular formula is C17H15ClN4OS2. The molecule has 2 aromatic carbocycles. The minimum Gasteiger partial charge on any atom is -0.375 e. The summed E-state index contributed by atoms with van der Waals surface area (Å²) in [5.74, 6) is 0.619. The van der Waals surface area contributed by atoms with Gasteiger partial charge in [-0.1, -0.05) is 77.2 Å². The molecule has 8 heteroatoms. The number of halogens is 1. The van der Waals surface area contributed by atoms with E-state index in [4.69, 9.17) is 11.6 Å². The summed E-state index contributed by atoms with van der Waals surface area (Å²) in [4.78, 5) is 12.0. The van der Waals surface area contributed by atoms with Gasteiger partial charge in [-0.25, -0.2) is 0 Å². The van der Waals surface area contributed by atoms with Crippen molar-refractivity contribution in [3.8, 4) is 0 Å². The number of thioether (sulfide) groups is 1. The van der Waals surface area contributed by atoms with Crippen LogP contribution in [0.2, 0.25) is 5.02 Å². The molecule has 1 amide bonds. The van der Waals surface area contributed by atoms with Gasteiger partial charge < -0.3 is 5.32 Å². The third-order valence-corrected chi connectivity index (χ3v) is 5.54. The van der Waals surface area contributed by atoms with Gasteiger partial charge in [0, 0.05) is 5.75 Å². The summed E-state index contributed by atoms with van der Waals surface area (Å²) in [5.41, 5.74) is 1.94. The van der Waals surface area contributed by atoms with Crippen molar-refractivity contribution < 1.29 is 4.79 Å². The maximum absolute atomic E-state index is 12.0. The lowest BCUT2D eigenvalue weighted by atomic mass is 10.2. The molecule has 3 rings (SSSR count). The van der Waals surface area contributed by atoms with E-state index in [0.29, 0.717) is 10.2 Å². The first-order chi connectivity index (χ1) is 12.2. The Labute approximate surface area is 158 Å². The van der Waals surface area contributed by atoms with Crippen LogP contribution in [0.15, 0.2) is 58.9 Å². The lowest BCUT2D eigenvalue weighted by Crippen LogP contribution is -2.21. The summed E-state index contributed by atoms with van der Waals surface area (Å²) >= 11 is 8.99. The van der Waals surface area contributed by atoms with Gasteiger partial charge >= 0.3 is 0 Å². The van der Waals surface area contributed by atoms with E-state index < -0.39 is 0 Å². The van der Waals surface area contributed by atoms with E-state index in [2.05, 4.69) is 33.0 Å². The van der Waals surface area contributed by atoms with Crippen LogP contribution < -0.4 is 10.6 Å². The van der Waals surface area contributed by atoms with Gasteiger partial charge in [0.1, 0.15) is 0 Å². The number of nitrogens with zero attached hydrogens (tertiary/aromatic N) is 2. The first kappa shape index (κ1) is 17.7. The van der Waals surface area contributed by atoms with Gasteiger partial charge in [-0.15, -0.1) is 10.2 Å². The molecule has 25 heavy (non-hydrogen) atoms. The number of anilines is 2. The third kappa shape index (κ3) is 5.45. The van der Waals surface area contributed by atoms with Crippen molar-refractivity contribution in [2.24, 2.45) is 0 Å². The Bertz CT molecular complexity index is 841. The first-order valence-corrected chi connectivity index (χ1v) is 9.67. The number of para-hydroxylation sites is 1. The maximum Gasteiger partial charge on any atom is 0.245 e. The number of benzene rings is 2. The predicted molar refractivity (Wildman–Crippen MR) is 104 cm³/mol. The maximum atomic E-state index is 12.0. The Morgan fingerprint density at radius 1 is 1.08 bits per heavy atom. The molecule has 0 aliphatic heterocycles. The largest absolute Gasteiger partial charge is 0.375 e. The minimum atomic E-state index is -0.198.